The van der Waals surface area contributed by atoms with Gasteiger partial charge in [0.05, 0.1) is 0 Å². The molecule has 0 aromatic rings. The third kappa shape index (κ3) is 5.31. The maximum absolute atomic E-state index is 10.8. The second kappa shape index (κ2) is 4.06. The molecule has 1 amide bonds. The number of amides is 1. The summed E-state index contributed by atoms with van der Waals surface area (Å²) >= 11 is 0. The van der Waals surface area contributed by atoms with Crippen LogP contribution in [0.5, 0.6) is 0 Å². The number of hydrazine groups is 1. The Morgan fingerprint density at radius 3 is 2.20 bits per heavy atom. The number of nitrogens with one attached hydrogen (secondary N) is 1. The van der Waals surface area contributed by atoms with E-state index < -0.39 is 0 Å². The van der Waals surface area contributed by atoms with Crippen molar-refractivity contribution in [3.8, 4) is 0 Å². The molecule has 0 aromatic carbocycles. The highest BCUT2D eigenvalue weighted by molar-refractivity contribution is 5.87. The molecule has 0 bridgehead atoms. The maximum atomic E-state index is 10.8. The molecule has 0 saturated carbocycles. The SMILES string of the molecule is CC(C)=CC(=O)NN(C)C. The first kappa shape index (κ1) is 9.17. The Morgan fingerprint density at radius 1 is 1.40 bits per heavy atom. The molecule has 10 heavy (non-hydrogen) atoms. The van der Waals surface area contributed by atoms with Gasteiger partial charge in [-0.1, -0.05) is 5.57 Å². The molecule has 3 nitrogen and oxygen atoms in total. The van der Waals surface area contributed by atoms with Gasteiger partial charge in [0.2, 0.25) is 0 Å². The molecule has 0 aromatic heterocycles. The van der Waals surface area contributed by atoms with Crippen molar-refractivity contribution in [3.05, 3.63) is 11.6 Å². The standard InChI is InChI=1S/C7H14N2O/c1-6(2)5-7(10)8-9(3)4/h5H,1-4H3,(H,8,10). The van der Waals surface area contributed by atoms with Gasteiger partial charge in [0.25, 0.3) is 5.91 Å². The summed E-state index contributed by atoms with van der Waals surface area (Å²) in [5, 5.41) is 1.61. The van der Waals surface area contributed by atoms with E-state index in [4.69, 9.17) is 0 Å². The first-order chi connectivity index (χ1) is 4.52. The smallest absolute Gasteiger partial charge is 0.258 e. The Morgan fingerprint density at radius 2 is 1.90 bits per heavy atom. The van der Waals surface area contributed by atoms with Crippen LogP contribution in [0.15, 0.2) is 11.6 Å². The molecule has 3 heteroatoms. The lowest BCUT2D eigenvalue weighted by Gasteiger charge is -2.08. The number of hydrogen-bond acceptors (Lipinski definition) is 2. The molecule has 0 fully saturated rings. The molecule has 0 aliphatic rings. The van der Waals surface area contributed by atoms with Crippen molar-refractivity contribution in [2.24, 2.45) is 0 Å². The highest BCUT2D eigenvalue weighted by Gasteiger charge is 1.94. The molecule has 0 aliphatic heterocycles. The summed E-state index contributed by atoms with van der Waals surface area (Å²) in [4.78, 5) is 10.8. The van der Waals surface area contributed by atoms with Crippen LogP contribution in [0.2, 0.25) is 0 Å². The molecule has 0 rings (SSSR count). The number of nitrogens with zero attached hydrogens (tertiary/aromatic N) is 1. The van der Waals surface area contributed by atoms with Crippen LogP contribution in [0.25, 0.3) is 0 Å². The van der Waals surface area contributed by atoms with Crippen LogP contribution < -0.4 is 5.43 Å². The zero-order valence-electron chi connectivity index (χ0n) is 6.93. The first-order valence-corrected chi connectivity index (χ1v) is 3.15. The van der Waals surface area contributed by atoms with Crippen LogP contribution in [-0.4, -0.2) is 25.0 Å². The van der Waals surface area contributed by atoms with Crippen molar-refractivity contribution >= 4 is 5.91 Å². The van der Waals surface area contributed by atoms with Crippen molar-refractivity contribution in [3.63, 3.8) is 0 Å². The van der Waals surface area contributed by atoms with Crippen molar-refractivity contribution < 1.29 is 4.79 Å². The Bertz CT molecular complexity index is 146. The molecule has 0 unspecified atom stereocenters. The normalized spacial score (nSPS) is 9.30. The van der Waals surface area contributed by atoms with Crippen molar-refractivity contribution in [2.45, 2.75) is 13.8 Å². The van der Waals surface area contributed by atoms with E-state index in [0.717, 1.165) is 5.57 Å². The number of allylic oxidation sites excluding steroid dienone is 1. The average molecular weight is 142 g/mol. The molecular formula is C7H14N2O. The zero-order chi connectivity index (χ0) is 8.15. The highest BCUT2D eigenvalue weighted by Crippen LogP contribution is 1.86. The molecule has 0 saturated heterocycles. The quantitative estimate of drug-likeness (QED) is 0.451. The van der Waals surface area contributed by atoms with Crippen LogP contribution in [0, 0.1) is 0 Å². The van der Waals surface area contributed by atoms with E-state index in [2.05, 4.69) is 5.43 Å². The summed E-state index contributed by atoms with van der Waals surface area (Å²) in [6.45, 7) is 3.77. The van der Waals surface area contributed by atoms with Crippen molar-refractivity contribution in [1.29, 1.82) is 0 Å². The summed E-state index contributed by atoms with van der Waals surface area (Å²) in [7, 11) is 3.55. The predicted molar refractivity (Wildman–Crippen MR) is 41.3 cm³/mol. The van der Waals surface area contributed by atoms with Crippen LogP contribution >= 0.6 is 0 Å². The van der Waals surface area contributed by atoms with E-state index >= 15 is 0 Å². The first-order valence-electron chi connectivity index (χ1n) is 3.15. The minimum absolute atomic E-state index is 0.0787. The van der Waals surface area contributed by atoms with Crippen molar-refractivity contribution in [1.82, 2.24) is 10.4 Å². The zero-order valence-corrected chi connectivity index (χ0v) is 6.93. The number of hydrogen-bond donors (Lipinski definition) is 1. The van der Waals surface area contributed by atoms with Gasteiger partial charge in [-0.15, -0.1) is 0 Å². The Kier molecular flexibility index (Phi) is 3.72. The Balaban J connectivity index is 3.76. The lowest BCUT2D eigenvalue weighted by Crippen LogP contribution is -2.34. The summed E-state index contributed by atoms with van der Waals surface area (Å²) in [6, 6.07) is 0. The van der Waals surface area contributed by atoms with E-state index in [0.29, 0.717) is 0 Å². The van der Waals surface area contributed by atoms with Gasteiger partial charge < -0.3 is 0 Å². The van der Waals surface area contributed by atoms with E-state index in [1.807, 2.05) is 13.8 Å². The van der Waals surface area contributed by atoms with E-state index in [1.165, 1.54) is 0 Å². The average Bonchev–Trinajstić information content (AvgIpc) is 1.58. The molecule has 1 N–H and O–H groups in total. The summed E-state index contributed by atoms with van der Waals surface area (Å²) in [5.41, 5.74) is 3.59. The Labute approximate surface area is 61.7 Å². The predicted octanol–water partition coefficient (Wildman–Crippen LogP) is 0.545. The van der Waals surface area contributed by atoms with Gasteiger partial charge in [0, 0.05) is 20.2 Å². The minimum Gasteiger partial charge on any atom is -0.286 e. The van der Waals surface area contributed by atoms with E-state index in [1.54, 1.807) is 25.2 Å². The fourth-order valence-electron chi connectivity index (χ4n) is 0.515. The largest absolute Gasteiger partial charge is 0.286 e. The van der Waals surface area contributed by atoms with Gasteiger partial charge in [-0.05, 0) is 13.8 Å². The van der Waals surface area contributed by atoms with Crippen LogP contribution in [0.3, 0.4) is 0 Å². The van der Waals surface area contributed by atoms with Crippen LogP contribution in [-0.2, 0) is 4.79 Å². The van der Waals surface area contributed by atoms with E-state index in [-0.39, 0.29) is 5.91 Å². The topological polar surface area (TPSA) is 32.3 Å². The molecule has 58 valence electrons. The van der Waals surface area contributed by atoms with Gasteiger partial charge in [-0.3, -0.25) is 10.2 Å². The third-order valence-corrected chi connectivity index (χ3v) is 0.754. The monoisotopic (exact) mass is 142 g/mol. The van der Waals surface area contributed by atoms with Crippen molar-refractivity contribution in [2.75, 3.05) is 14.1 Å². The van der Waals surface area contributed by atoms with Crippen LogP contribution in [0.4, 0.5) is 0 Å². The molecule has 0 radical (unpaired) electrons. The van der Waals surface area contributed by atoms with E-state index in [9.17, 15) is 4.79 Å². The minimum atomic E-state index is -0.0787. The second-order valence-corrected chi connectivity index (χ2v) is 2.59. The summed E-state index contributed by atoms with van der Waals surface area (Å²) in [5.74, 6) is -0.0787. The summed E-state index contributed by atoms with van der Waals surface area (Å²) < 4.78 is 0. The molecule has 0 spiro atoms. The van der Waals surface area contributed by atoms with Gasteiger partial charge in [0.15, 0.2) is 0 Å². The fourth-order valence-corrected chi connectivity index (χ4v) is 0.515. The van der Waals surface area contributed by atoms with Gasteiger partial charge in [0.1, 0.15) is 0 Å². The molecule has 0 aliphatic carbocycles. The third-order valence-electron chi connectivity index (χ3n) is 0.754. The van der Waals surface area contributed by atoms with Crippen LogP contribution in [0.1, 0.15) is 13.8 Å². The second-order valence-electron chi connectivity index (χ2n) is 2.59. The number of rotatable bonds is 2. The molecule has 0 heterocycles. The Hall–Kier alpha value is -0.830. The number of carbonyl (C=O) groups excluding carboxylic acids is 1. The highest BCUT2D eigenvalue weighted by atomic mass is 16.2. The fraction of sp³-hybridized carbons (Fsp3) is 0.571. The van der Waals surface area contributed by atoms with Gasteiger partial charge in [-0.25, -0.2) is 5.01 Å². The van der Waals surface area contributed by atoms with Gasteiger partial charge >= 0.3 is 0 Å². The maximum Gasteiger partial charge on any atom is 0.258 e. The van der Waals surface area contributed by atoms with Gasteiger partial charge in [-0.2, -0.15) is 0 Å². The lowest BCUT2D eigenvalue weighted by atomic mass is 10.3. The molecule has 0 atom stereocenters. The number of carbonyl (C=O) groups is 1. The summed E-state index contributed by atoms with van der Waals surface area (Å²) in [6.07, 6.45) is 1.56. The molecular weight excluding hydrogens is 128 g/mol. The lowest BCUT2D eigenvalue weighted by molar-refractivity contribution is -0.120.